The molecule has 6 heteroatoms. The highest BCUT2D eigenvalue weighted by atomic mass is 19.4. The number of hydrogen-bond acceptors (Lipinski definition) is 3. The highest BCUT2D eigenvalue weighted by Gasteiger charge is 2.33. The lowest BCUT2D eigenvalue weighted by Gasteiger charge is -2.13. The van der Waals surface area contributed by atoms with Crippen molar-refractivity contribution in [3.05, 3.63) is 53.6 Å². The average Bonchev–Trinajstić information content (AvgIpc) is 2.46. The molecule has 0 amide bonds. The molecule has 110 valence electrons. The molecule has 0 atom stereocenters. The number of rotatable bonds is 2. The Balaban J connectivity index is 2.61. The number of hydrogen-bond donors (Lipinski definition) is 1. The van der Waals surface area contributed by atoms with Gasteiger partial charge in [-0.1, -0.05) is 24.3 Å². The Morgan fingerprint density at radius 3 is 2.43 bits per heavy atom. The van der Waals surface area contributed by atoms with Gasteiger partial charge < -0.3 is 9.84 Å². The van der Waals surface area contributed by atoms with Gasteiger partial charge in [0.1, 0.15) is 11.3 Å². The number of phenolic OH excluding ortho intramolecular Hbond substituents is 1. The van der Waals surface area contributed by atoms with Gasteiger partial charge in [0.25, 0.3) is 0 Å². The molecule has 0 aliphatic rings. The van der Waals surface area contributed by atoms with Crippen LogP contribution in [-0.2, 0) is 10.9 Å². The minimum atomic E-state index is -4.51. The molecular formula is C15H11F3O3. The number of benzene rings is 2. The molecule has 3 nitrogen and oxygen atoms in total. The van der Waals surface area contributed by atoms with E-state index >= 15 is 0 Å². The minimum Gasteiger partial charge on any atom is -0.507 e. The summed E-state index contributed by atoms with van der Waals surface area (Å²) in [5.74, 6) is -1.17. The summed E-state index contributed by atoms with van der Waals surface area (Å²) in [5.41, 5.74) is -0.908. The number of carbonyl (C=O) groups is 1. The van der Waals surface area contributed by atoms with Gasteiger partial charge in [-0.2, -0.15) is 13.2 Å². The van der Waals surface area contributed by atoms with Crippen LogP contribution in [0.25, 0.3) is 11.1 Å². The van der Waals surface area contributed by atoms with Gasteiger partial charge in [-0.3, -0.25) is 0 Å². The molecule has 0 saturated carbocycles. The SMILES string of the molecule is COC(=O)c1cc(-c2ccccc2C(F)(F)F)ccc1O. The van der Waals surface area contributed by atoms with E-state index in [2.05, 4.69) is 4.74 Å². The second-order valence-electron chi connectivity index (χ2n) is 4.27. The molecule has 0 aromatic heterocycles. The number of aromatic hydroxyl groups is 1. The summed E-state index contributed by atoms with van der Waals surface area (Å²) in [6, 6.07) is 8.66. The molecule has 2 aromatic rings. The topological polar surface area (TPSA) is 46.5 Å². The summed E-state index contributed by atoms with van der Waals surface area (Å²) in [7, 11) is 1.12. The Morgan fingerprint density at radius 1 is 1.14 bits per heavy atom. The summed E-state index contributed by atoms with van der Waals surface area (Å²) >= 11 is 0. The molecule has 2 aromatic carbocycles. The number of methoxy groups -OCH3 is 1. The van der Waals surface area contributed by atoms with Gasteiger partial charge in [0.05, 0.1) is 12.7 Å². The number of alkyl halides is 3. The predicted octanol–water partition coefficient (Wildman–Crippen LogP) is 3.86. The number of phenols is 1. The second kappa shape index (κ2) is 5.47. The Hall–Kier alpha value is -2.50. The van der Waals surface area contributed by atoms with Gasteiger partial charge in [-0.25, -0.2) is 4.79 Å². The maximum Gasteiger partial charge on any atom is 0.417 e. The first-order valence-electron chi connectivity index (χ1n) is 5.92. The fourth-order valence-corrected chi connectivity index (χ4v) is 1.96. The molecule has 0 unspecified atom stereocenters. The number of halogens is 3. The zero-order valence-electron chi connectivity index (χ0n) is 10.9. The van der Waals surface area contributed by atoms with E-state index in [4.69, 9.17) is 0 Å². The zero-order chi connectivity index (χ0) is 15.6. The molecule has 0 saturated heterocycles. The first kappa shape index (κ1) is 14.9. The van der Waals surface area contributed by atoms with Crippen LogP contribution in [-0.4, -0.2) is 18.2 Å². The Labute approximate surface area is 118 Å². The van der Waals surface area contributed by atoms with Crippen molar-refractivity contribution in [2.45, 2.75) is 6.18 Å². The van der Waals surface area contributed by atoms with E-state index in [1.807, 2.05) is 0 Å². The van der Waals surface area contributed by atoms with Crippen LogP contribution in [0, 0.1) is 0 Å². The third kappa shape index (κ3) is 2.99. The first-order chi connectivity index (χ1) is 9.84. The average molecular weight is 296 g/mol. The van der Waals surface area contributed by atoms with Gasteiger partial charge in [0, 0.05) is 0 Å². The van der Waals surface area contributed by atoms with E-state index in [0.717, 1.165) is 19.2 Å². The molecule has 0 bridgehead atoms. The summed E-state index contributed by atoms with van der Waals surface area (Å²) in [4.78, 5) is 11.5. The Bertz CT molecular complexity index is 678. The Kier molecular flexibility index (Phi) is 3.88. The van der Waals surface area contributed by atoms with Crippen LogP contribution in [0.3, 0.4) is 0 Å². The Morgan fingerprint density at radius 2 is 1.81 bits per heavy atom. The number of ether oxygens (including phenoxy) is 1. The molecule has 0 aliphatic carbocycles. The summed E-state index contributed by atoms with van der Waals surface area (Å²) in [6.07, 6.45) is -4.51. The summed E-state index contributed by atoms with van der Waals surface area (Å²) in [5, 5.41) is 9.59. The smallest absolute Gasteiger partial charge is 0.417 e. The second-order valence-corrected chi connectivity index (χ2v) is 4.27. The largest absolute Gasteiger partial charge is 0.507 e. The third-order valence-electron chi connectivity index (χ3n) is 2.95. The van der Waals surface area contributed by atoms with Gasteiger partial charge in [0.2, 0.25) is 0 Å². The third-order valence-corrected chi connectivity index (χ3v) is 2.95. The first-order valence-corrected chi connectivity index (χ1v) is 5.92. The zero-order valence-corrected chi connectivity index (χ0v) is 10.9. The van der Waals surface area contributed by atoms with E-state index in [-0.39, 0.29) is 22.4 Å². The van der Waals surface area contributed by atoms with Crippen molar-refractivity contribution in [1.29, 1.82) is 0 Å². The van der Waals surface area contributed by atoms with Crippen molar-refractivity contribution in [3.8, 4) is 16.9 Å². The molecule has 21 heavy (non-hydrogen) atoms. The summed E-state index contributed by atoms with van der Waals surface area (Å²) in [6.45, 7) is 0. The van der Waals surface area contributed by atoms with Gasteiger partial charge >= 0.3 is 12.1 Å². The number of carbonyl (C=O) groups excluding carboxylic acids is 1. The van der Waals surface area contributed by atoms with Crippen molar-refractivity contribution in [3.63, 3.8) is 0 Å². The molecule has 0 fully saturated rings. The lowest BCUT2D eigenvalue weighted by atomic mass is 9.97. The lowest BCUT2D eigenvalue weighted by molar-refractivity contribution is -0.137. The molecule has 1 N–H and O–H groups in total. The van der Waals surface area contributed by atoms with E-state index in [1.165, 1.54) is 30.3 Å². The molecule has 0 radical (unpaired) electrons. The van der Waals surface area contributed by atoms with Crippen LogP contribution in [0.15, 0.2) is 42.5 Å². The van der Waals surface area contributed by atoms with Gasteiger partial charge in [-0.15, -0.1) is 0 Å². The molecule has 0 spiro atoms. The van der Waals surface area contributed by atoms with Crippen molar-refractivity contribution < 1.29 is 27.8 Å². The van der Waals surface area contributed by atoms with Crippen LogP contribution in [0.1, 0.15) is 15.9 Å². The van der Waals surface area contributed by atoms with Crippen LogP contribution < -0.4 is 0 Å². The fraction of sp³-hybridized carbons (Fsp3) is 0.133. The van der Waals surface area contributed by atoms with Crippen LogP contribution in [0.4, 0.5) is 13.2 Å². The van der Waals surface area contributed by atoms with E-state index in [0.29, 0.717) is 0 Å². The standard InChI is InChI=1S/C15H11F3O3/c1-21-14(20)11-8-9(6-7-13(11)19)10-4-2-3-5-12(10)15(16,17)18/h2-8,19H,1H3. The highest BCUT2D eigenvalue weighted by Crippen LogP contribution is 2.37. The van der Waals surface area contributed by atoms with Crippen LogP contribution in [0.5, 0.6) is 5.75 Å². The quantitative estimate of drug-likeness (QED) is 0.856. The normalized spacial score (nSPS) is 11.2. The maximum absolute atomic E-state index is 13.0. The van der Waals surface area contributed by atoms with Gasteiger partial charge in [0.15, 0.2) is 0 Å². The summed E-state index contributed by atoms with van der Waals surface area (Å²) < 4.78 is 43.5. The van der Waals surface area contributed by atoms with Crippen molar-refractivity contribution >= 4 is 5.97 Å². The fourth-order valence-electron chi connectivity index (χ4n) is 1.96. The minimum absolute atomic E-state index is 0.0739. The predicted molar refractivity (Wildman–Crippen MR) is 69.9 cm³/mol. The van der Waals surface area contributed by atoms with Crippen LogP contribution >= 0.6 is 0 Å². The van der Waals surface area contributed by atoms with E-state index < -0.39 is 17.7 Å². The molecular weight excluding hydrogens is 285 g/mol. The highest BCUT2D eigenvalue weighted by molar-refractivity contribution is 5.94. The molecule has 0 aliphatic heterocycles. The molecule has 2 rings (SSSR count). The van der Waals surface area contributed by atoms with Crippen molar-refractivity contribution in [2.75, 3.05) is 7.11 Å². The van der Waals surface area contributed by atoms with Gasteiger partial charge in [-0.05, 0) is 29.3 Å². The lowest BCUT2D eigenvalue weighted by Crippen LogP contribution is -2.07. The monoisotopic (exact) mass is 296 g/mol. The van der Waals surface area contributed by atoms with Crippen molar-refractivity contribution in [2.24, 2.45) is 0 Å². The maximum atomic E-state index is 13.0. The molecule has 0 heterocycles. The number of esters is 1. The van der Waals surface area contributed by atoms with Crippen molar-refractivity contribution in [1.82, 2.24) is 0 Å². The van der Waals surface area contributed by atoms with E-state index in [1.54, 1.807) is 0 Å². The van der Waals surface area contributed by atoms with E-state index in [9.17, 15) is 23.1 Å². The van der Waals surface area contributed by atoms with Crippen LogP contribution in [0.2, 0.25) is 0 Å².